The number of nitrogens with zero attached hydrogens (tertiary/aromatic N) is 3. The van der Waals surface area contributed by atoms with Crippen LogP contribution in [0.4, 0.5) is 10.3 Å². The zero-order valence-electron chi connectivity index (χ0n) is 19.0. The van der Waals surface area contributed by atoms with Crippen molar-refractivity contribution in [1.29, 1.82) is 10.8 Å². The minimum atomic E-state index is -0.592. The molecule has 0 amide bonds. The molecular weight excluding hydrogens is 409 g/mol. The summed E-state index contributed by atoms with van der Waals surface area (Å²) in [6.45, 7) is 8.11. The van der Waals surface area contributed by atoms with Crippen molar-refractivity contribution < 1.29 is 13.9 Å². The number of anilines is 1. The van der Waals surface area contributed by atoms with Crippen molar-refractivity contribution in [3.8, 4) is 5.75 Å². The Hall–Kier alpha value is -3.03. The summed E-state index contributed by atoms with van der Waals surface area (Å²) in [6.07, 6.45) is 8.06. The van der Waals surface area contributed by atoms with E-state index in [-0.39, 0.29) is 17.4 Å². The van der Waals surface area contributed by atoms with Crippen LogP contribution in [0.1, 0.15) is 50.7 Å². The van der Waals surface area contributed by atoms with E-state index in [4.69, 9.17) is 20.3 Å². The molecule has 0 aliphatic carbocycles. The summed E-state index contributed by atoms with van der Waals surface area (Å²) in [5, 5.41) is 15.0. The molecule has 2 N–H and O–H groups in total. The number of hydrogen-bond acceptors (Lipinski definition) is 7. The summed E-state index contributed by atoms with van der Waals surface area (Å²) in [4.78, 5) is 11.1. The SMILES string of the molecule is CC(=N)OC(=N)c1ccc(OCCC(C)CC2CCN(c3ncc(C)cn3)CC2)cc1F. The molecule has 2 aromatic rings. The number of nitrogens with one attached hydrogen (secondary N) is 2. The van der Waals surface area contributed by atoms with Crippen LogP contribution in [0.3, 0.4) is 0 Å². The first-order chi connectivity index (χ1) is 15.3. The van der Waals surface area contributed by atoms with E-state index in [2.05, 4.69) is 21.8 Å². The lowest BCUT2D eigenvalue weighted by Gasteiger charge is -2.33. The van der Waals surface area contributed by atoms with Crippen molar-refractivity contribution in [3.05, 3.63) is 47.5 Å². The minimum absolute atomic E-state index is 0.0136. The highest BCUT2D eigenvalue weighted by atomic mass is 19.1. The van der Waals surface area contributed by atoms with Gasteiger partial charge in [0.15, 0.2) is 5.90 Å². The molecule has 7 nitrogen and oxygen atoms in total. The van der Waals surface area contributed by atoms with E-state index in [1.54, 1.807) is 6.07 Å². The average molecular weight is 442 g/mol. The van der Waals surface area contributed by atoms with Gasteiger partial charge in [-0.1, -0.05) is 6.92 Å². The number of aryl methyl sites for hydroxylation is 1. The van der Waals surface area contributed by atoms with E-state index < -0.39 is 5.82 Å². The van der Waals surface area contributed by atoms with Crippen LogP contribution in [0.15, 0.2) is 30.6 Å². The molecule has 8 heteroatoms. The number of rotatable bonds is 8. The van der Waals surface area contributed by atoms with Gasteiger partial charge in [-0.15, -0.1) is 0 Å². The maximum absolute atomic E-state index is 14.2. The van der Waals surface area contributed by atoms with Gasteiger partial charge in [0.25, 0.3) is 0 Å². The Bertz CT molecular complexity index is 926. The van der Waals surface area contributed by atoms with E-state index in [0.29, 0.717) is 24.2 Å². The molecule has 0 radical (unpaired) electrons. The van der Waals surface area contributed by atoms with Crippen LogP contribution in [-0.2, 0) is 4.74 Å². The van der Waals surface area contributed by atoms with E-state index >= 15 is 0 Å². The lowest BCUT2D eigenvalue weighted by Crippen LogP contribution is -2.35. The molecule has 32 heavy (non-hydrogen) atoms. The Morgan fingerprint density at radius 1 is 1.22 bits per heavy atom. The quantitative estimate of drug-likeness (QED) is 0.445. The Labute approximate surface area is 189 Å². The van der Waals surface area contributed by atoms with E-state index in [1.807, 2.05) is 19.3 Å². The summed E-state index contributed by atoms with van der Waals surface area (Å²) in [5.41, 5.74) is 1.09. The number of ether oxygens (including phenoxy) is 2. The van der Waals surface area contributed by atoms with Crippen LogP contribution in [0, 0.1) is 35.4 Å². The maximum Gasteiger partial charge on any atom is 0.225 e. The topological polar surface area (TPSA) is 95.2 Å². The summed E-state index contributed by atoms with van der Waals surface area (Å²) in [7, 11) is 0. The molecule has 3 rings (SSSR count). The zero-order valence-corrected chi connectivity index (χ0v) is 19.0. The maximum atomic E-state index is 14.2. The van der Waals surface area contributed by atoms with Gasteiger partial charge in [0.1, 0.15) is 11.6 Å². The molecule has 0 saturated carbocycles. The Kier molecular flexibility index (Phi) is 8.14. The third kappa shape index (κ3) is 6.73. The molecule has 0 bridgehead atoms. The van der Waals surface area contributed by atoms with E-state index in [9.17, 15) is 4.39 Å². The van der Waals surface area contributed by atoms with Crippen LogP contribution in [-0.4, -0.2) is 41.5 Å². The van der Waals surface area contributed by atoms with Gasteiger partial charge in [-0.3, -0.25) is 10.8 Å². The monoisotopic (exact) mass is 441 g/mol. The van der Waals surface area contributed by atoms with Crippen LogP contribution in [0.5, 0.6) is 5.75 Å². The van der Waals surface area contributed by atoms with Crippen molar-refractivity contribution >= 4 is 17.7 Å². The van der Waals surface area contributed by atoms with Crippen molar-refractivity contribution in [2.24, 2.45) is 11.8 Å². The van der Waals surface area contributed by atoms with Gasteiger partial charge in [0.05, 0.1) is 12.2 Å². The second-order valence-corrected chi connectivity index (χ2v) is 8.60. The third-order valence-electron chi connectivity index (χ3n) is 5.72. The predicted octanol–water partition coefficient (Wildman–Crippen LogP) is 4.97. The van der Waals surface area contributed by atoms with Crippen molar-refractivity contribution in [2.75, 3.05) is 24.6 Å². The van der Waals surface area contributed by atoms with Gasteiger partial charge in [-0.2, -0.15) is 0 Å². The standard InChI is InChI=1S/C24H32FN5O2/c1-16(12-19-6-9-30(10-7-19)24-28-14-17(2)15-29-24)8-11-31-20-4-5-21(22(25)13-20)23(27)32-18(3)26/h4-5,13-16,19,26-27H,6-12H2,1-3H3. The molecule has 1 unspecified atom stereocenters. The molecule has 1 aliphatic rings. The smallest absolute Gasteiger partial charge is 0.225 e. The molecule has 2 heterocycles. The highest BCUT2D eigenvalue weighted by Gasteiger charge is 2.22. The van der Waals surface area contributed by atoms with Gasteiger partial charge in [-0.25, -0.2) is 14.4 Å². The lowest BCUT2D eigenvalue weighted by atomic mass is 9.87. The third-order valence-corrected chi connectivity index (χ3v) is 5.72. The number of halogens is 1. The molecular formula is C24H32FN5O2. The normalized spacial score (nSPS) is 15.3. The van der Waals surface area contributed by atoms with Gasteiger partial charge in [0, 0.05) is 38.5 Å². The molecule has 1 aliphatic heterocycles. The van der Waals surface area contributed by atoms with Gasteiger partial charge in [-0.05, 0) is 62.1 Å². The number of aromatic nitrogens is 2. The lowest BCUT2D eigenvalue weighted by molar-refractivity contribution is 0.251. The molecule has 1 atom stereocenters. The van der Waals surface area contributed by atoms with Crippen LogP contribution in [0.2, 0.25) is 0 Å². The Morgan fingerprint density at radius 3 is 2.53 bits per heavy atom. The molecule has 1 aromatic heterocycles. The average Bonchev–Trinajstić information content (AvgIpc) is 2.74. The first-order valence-corrected chi connectivity index (χ1v) is 11.1. The highest BCUT2D eigenvalue weighted by Crippen LogP contribution is 2.27. The fourth-order valence-electron chi connectivity index (χ4n) is 3.96. The summed E-state index contributed by atoms with van der Waals surface area (Å²) in [5.74, 6) is 1.34. The van der Waals surface area contributed by atoms with Crippen LogP contribution >= 0.6 is 0 Å². The largest absolute Gasteiger partial charge is 0.493 e. The van der Waals surface area contributed by atoms with Crippen molar-refractivity contribution in [1.82, 2.24) is 9.97 Å². The second-order valence-electron chi connectivity index (χ2n) is 8.60. The zero-order chi connectivity index (χ0) is 23.1. The number of piperidine rings is 1. The summed E-state index contributed by atoms with van der Waals surface area (Å²) in [6, 6.07) is 4.34. The Morgan fingerprint density at radius 2 is 1.91 bits per heavy atom. The molecule has 1 aromatic carbocycles. The van der Waals surface area contributed by atoms with E-state index in [0.717, 1.165) is 50.3 Å². The fraction of sp³-hybridized carbons (Fsp3) is 0.500. The molecule has 172 valence electrons. The van der Waals surface area contributed by atoms with Crippen LogP contribution < -0.4 is 9.64 Å². The van der Waals surface area contributed by atoms with Crippen molar-refractivity contribution in [2.45, 2.75) is 46.5 Å². The minimum Gasteiger partial charge on any atom is -0.493 e. The van der Waals surface area contributed by atoms with Gasteiger partial charge >= 0.3 is 0 Å². The van der Waals surface area contributed by atoms with Gasteiger partial charge in [0.2, 0.25) is 11.8 Å². The first kappa shape index (κ1) is 23.6. The molecule has 0 spiro atoms. The Balaban J connectivity index is 1.39. The van der Waals surface area contributed by atoms with E-state index in [1.165, 1.54) is 19.1 Å². The summed E-state index contributed by atoms with van der Waals surface area (Å²) >= 11 is 0. The molecule has 1 fully saturated rings. The second kappa shape index (κ2) is 11.0. The fourth-order valence-corrected chi connectivity index (χ4v) is 3.96. The first-order valence-electron chi connectivity index (χ1n) is 11.1. The summed E-state index contributed by atoms with van der Waals surface area (Å²) < 4.78 is 24.8. The predicted molar refractivity (Wildman–Crippen MR) is 123 cm³/mol. The van der Waals surface area contributed by atoms with Crippen LogP contribution in [0.25, 0.3) is 0 Å². The van der Waals surface area contributed by atoms with Crippen molar-refractivity contribution in [3.63, 3.8) is 0 Å². The number of benzene rings is 1. The molecule has 1 saturated heterocycles. The van der Waals surface area contributed by atoms with Gasteiger partial charge < -0.3 is 14.4 Å². The highest BCUT2D eigenvalue weighted by molar-refractivity contribution is 5.98. The number of hydrogen-bond donors (Lipinski definition) is 2.